The molecule has 1 saturated heterocycles. The minimum atomic E-state index is -0.556. The Hall–Kier alpha value is -2.28. The Balaban J connectivity index is 1.94. The summed E-state index contributed by atoms with van der Waals surface area (Å²) >= 11 is 0. The van der Waals surface area contributed by atoms with E-state index < -0.39 is 11.7 Å². The summed E-state index contributed by atoms with van der Waals surface area (Å²) in [6, 6.07) is 9.24. The summed E-state index contributed by atoms with van der Waals surface area (Å²) in [5, 5.41) is 0. The van der Waals surface area contributed by atoms with Crippen LogP contribution in [-0.4, -0.2) is 67.0 Å². The molecule has 1 aromatic rings. The van der Waals surface area contributed by atoms with Gasteiger partial charge in [0.05, 0.1) is 12.6 Å². The lowest BCUT2D eigenvalue weighted by Crippen LogP contribution is -2.58. The van der Waals surface area contributed by atoms with Crippen molar-refractivity contribution in [3.63, 3.8) is 0 Å². The summed E-state index contributed by atoms with van der Waals surface area (Å²) in [6.45, 7) is 7.14. The first-order valence-corrected chi connectivity index (χ1v) is 8.74. The van der Waals surface area contributed by atoms with E-state index in [-0.39, 0.29) is 18.7 Å². The van der Waals surface area contributed by atoms with E-state index in [9.17, 15) is 9.59 Å². The largest absolute Gasteiger partial charge is 0.445 e. The predicted octanol–water partition coefficient (Wildman–Crippen LogP) is 2.89. The van der Waals surface area contributed by atoms with Crippen molar-refractivity contribution < 1.29 is 23.8 Å². The average molecular weight is 364 g/mol. The molecule has 7 heteroatoms. The summed E-state index contributed by atoms with van der Waals surface area (Å²) in [4.78, 5) is 28.0. The van der Waals surface area contributed by atoms with Crippen molar-refractivity contribution in [2.75, 3.05) is 33.4 Å². The van der Waals surface area contributed by atoms with Crippen LogP contribution < -0.4 is 0 Å². The maximum absolute atomic E-state index is 12.5. The van der Waals surface area contributed by atoms with E-state index in [0.29, 0.717) is 26.2 Å². The number of benzene rings is 1. The van der Waals surface area contributed by atoms with Crippen molar-refractivity contribution in [3.05, 3.63) is 35.9 Å². The molecule has 1 heterocycles. The zero-order valence-corrected chi connectivity index (χ0v) is 15.9. The van der Waals surface area contributed by atoms with Gasteiger partial charge in [-0.15, -0.1) is 0 Å². The van der Waals surface area contributed by atoms with Crippen LogP contribution in [0, 0.1) is 0 Å². The number of carbonyl (C=O) groups excluding carboxylic acids is 2. The Bertz CT molecular complexity index is 600. The van der Waals surface area contributed by atoms with Crippen LogP contribution in [-0.2, 0) is 20.8 Å². The number of hydrogen-bond acceptors (Lipinski definition) is 5. The highest BCUT2D eigenvalue weighted by atomic mass is 16.6. The molecule has 0 N–H and O–H groups in total. The Labute approximate surface area is 154 Å². The van der Waals surface area contributed by atoms with E-state index in [0.717, 1.165) is 5.56 Å². The summed E-state index contributed by atoms with van der Waals surface area (Å²) in [5.41, 5.74) is 0.371. The Morgan fingerprint density at radius 3 is 2.42 bits per heavy atom. The number of nitrogens with zero attached hydrogens (tertiary/aromatic N) is 2. The quantitative estimate of drug-likeness (QED) is 0.822. The van der Waals surface area contributed by atoms with Gasteiger partial charge in [0.15, 0.2) is 0 Å². The smallest absolute Gasteiger partial charge is 0.410 e. The van der Waals surface area contributed by atoms with E-state index in [1.165, 1.54) is 0 Å². The van der Waals surface area contributed by atoms with Gasteiger partial charge in [-0.2, -0.15) is 0 Å². The maximum atomic E-state index is 12.5. The van der Waals surface area contributed by atoms with Crippen LogP contribution in [0.5, 0.6) is 0 Å². The molecule has 1 aliphatic heterocycles. The maximum Gasteiger partial charge on any atom is 0.410 e. The molecule has 2 amide bonds. The van der Waals surface area contributed by atoms with Gasteiger partial charge in [0.25, 0.3) is 0 Å². The average Bonchev–Trinajstić information content (AvgIpc) is 2.59. The molecule has 1 aliphatic rings. The standard InChI is InChI=1S/C19H28N2O5/c1-19(2,3)26-17(22)20-10-11-21(16(12-20)14-24-4)18(23)25-13-15-8-6-5-7-9-15/h5-9,16H,10-14H2,1-4H3/t16-/m1/s1. The SMILES string of the molecule is COC[C@H]1CN(C(=O)OC(C)(C)C)CCN1C(=O)OCc1ccccc1. The van der Waals surface area contributed by atoms with Gasteiger partial charge in [-0.3, -0.25) is 4.90 Å². The van der Waals surface area contributed by atoms with E-state index in [1.54, 1.807) is 16.9 Å². The molecule has 0 aromatic heterocycles. The van der Waals surface area contributed by atoms with Crippen molar-refractivity contribution >= 4 is 12.2 Å². The number of rotatable bonds is 4. The van der Waals surface area contributed by atoms with E-state index >= 15 is 0 Å². The number of methoxy groups -OCH3 is 1. The lowest BCUT2D eigenvalue weighted by molar-refractivity contribution is -0.0108. The van der Waals surface area contributed by atoms with Crippen LogP contribution in [0.2, 0.25) is 0 Å². The lowest BCUT2D eigenvalue weighted by atomic mass is 10.2. The predicted molar refractivity (Wildman–Crippen MR) is 96.8 cm³/mol. The molecular weight excluding hydrogens is 336 g/mol. The van der Waals surface area contributed by atoms with E-state index in [2.05, 4.69) is 0 Å². The molecule has 0 aliphatic carbocycles. The van der Waals surface area contributed by atoms with Gasteiger partial charge in [0.1, 0.15) is 12.2 Å². The fraction of sp³-hybridized carbons (Fsp3) is 0.579. The topological polar surface area (TPSA) is 68.3 Å². The second-order valence-electron chi connectivity index (χ2n) is 7.27. The normalized spacial score (nSPS) is 17.8. The van der Waals surface area contributed by atoms with Crippen LogP contribution in [0.4, 0.5) is 9.59 Å². The first-order chi connectivity index (χ1) is 12.3. The third-order valence-electron chi connectivity index (χ3n) is 3.93. The first kappa shape index (κ1) is 20.0. The van der Waals surface area contributed by atoms with Crippen LogP contribution >= 0.6 is 0 Å². The van der Waals surface area contributed by atoms with Gasteiger partial charge in [-0.25, -0.2) is 9.59 Å². The molecule has 26 heavy (non-hydrogen) atoms. The summed E-state index contributed by atoms with van der Waals surface area (Å²) in [7, 11) is 1.57. The molecule has 1 atom stereocenters. The van der Waals surface area contributed by atoms with Crippen molar-refractivity contribution in [1.82, 2.24) is 9.80 Å². The van der Waals surface area contributed by atoms with E-state index in [4.69, 9.17) is 14.2 Å². The van der Waals surface area contributed by atoms with Crippen molar-refractivity contribution in [2.24, 2.45) is 0 Å². The molecular formula is C19H28N2O5. The molecule has 0 radical (unpaired) electrons. The lowest BCUT2D eigenvalue weighted by Gasteiger charge is -2.40. The molecule has 0 unspecified atom stereocenters. The first-order valence-electron chi connectivity index (χ1n) is 8.74. The number of hydrogen-bond donors (Lipinski definition) is 0. The summed E-state index contributed by atoms with van der Waals surface area (Å²) < 4.78 is 16.1. The van der Waals surface area contributed by atoms with Crippen LogP contribution in [0.15, 0.2) is 30.3 Å². The second-order valence-corrected chi connectivity index (χ2v) is 7.27. The van der Waals surface area contributed by atoms with Gasteiger partial charge >= 0.3 is 12.2 Å². The Morgan fingerprint density at radius 1 is 1.12 bits per heavy atom. The third-order valence-corrected chi connectivity index (χ3v) is 3.93. The minimum absolute atomic E-state index is 0.214. The molecule has 0 spiro atoms. The number of amides is 2. The number of carbonyl (C=O) groups is 2. The molecule has 0 bridgehead atoms. The van der Waals surface area contributed by atoms with Gasteiger partial charge in [-0.05, 0) is 26.3 Å². The number of piperazine rings is 1. The van der Waals surface area contributed by atoms with Gasteiger partial charge in [0.2, 0.25) is 0 Å². The summed E-state index contributed by atoms with van der Waals surface area (Å²) in [6.07, 6.45) is -0.782. The highest BCUT2D eigenvalue weighted by Gasteiger charge is 2.35. The van der Waals surface area contributed by atoms with E-state index in [1.807, 2.05) is 51.1 Å². The van der Waals surface area contributed by atoms with Crippen molar-refractivity contribution in [1.29, 1.82) is 0 Å². The second kappa shape index (κ2) is 8.89. The molecule has 0 saturated carbocycles. The fourth-order valence-corrected chi connectivity index (χ4v) is 2.73. The highest BCUT2D eigenvalue weighted by Crippen LogP contribution is 2.16. The highest BCUT2D eigenvalue weighted by molar-refractivity contribution is 5.71. The van der Waals surface area contributed by atoms with Crippen LogP contribution in [0.25, 0.3) is 0 Å². The monoisotopic (exact) mass is 364 g/mol. The molecule has 2 rings (SSSR count). The fourth-order valence-electron chi connectivity index (χ4n) is 2.73. The Morgan fingerprint density at radius 2 is 1.81 bits per heavy atom. The zero-order chi connectivity index (χ0) is 19.2. The third kappa shape index (κ3) is 5.91. The molecule has 1 aromatic carbocycles. The zero-order valence-electron chi connectivity index (χ0n) is 15.9. The molecule has 144 valence electrons. The Kier molecular flexibility index (Phi) is 6.85. The molecule has 7 nitrogen and oxygen atoms in total. The van der Waals surface area contributed by atoms with Gasteiger partial charge in [-0.1, -0.05) is 30.3 Å². The van der Waals surface area contributed by atoms with Crippen molar-refractivity contribution in [3.8, 4) is 0 Å². The minimum Gasteiger partial charge on any atom is -0.445 e. The van der Waals surface area contributed by atoms with Crippen LogP contribution in [0.1, 0.15) is 26.3 Å². The van der Waals surface area contributed by atoms with Crippen molar-refractivity contribution in [2.45, 2.75) is 39.0 Å². The molecule has 1 fully saturated rings. The summed E-state index contributed by atoms with van der Waals surface area (Å²) in [5.74, 6) is 0. The number of ether oxygens (including phenoxy) is 3. The van der Waals surface area contributed by atoms with Gasteiger partial charge < -0.3 is 19.1 Å². The van der Waals surface area contributed by atoms with Gasteiger partial charge in [0, 0.05) is 26.7 Å². The van der Waals surface area contributed by atoms with Crippen LogP contribution in [0.3, 0.4) is 0 Å².